The molecule has 0 aromatic heterocycles. The van der Waals surface area contributed by atoms with Gasteiger partial charge in [-0.1, -0.05) is 11.6 Å². The Morgan fingerprint density at radius 1 is 1.25 bits per heavy atom. The van der Waals surface area contributed by atoms with Crippen molar-refractivity contribution < 1.29 is 14.3 Å². The van der Waals surface area contributed by atoms with Crippen LogP contribution in [0.2, 0.25) is 5.02 Å². The summed E-state index contributed by atoms with van der Waals surface area (Å²) in [7, 11) is 1.53. The highest BCUT2D eigenvalue weighted by molar-refractivity contribution is 6.32. The Kier molecular flexibility index (Phi) is 6.76. The second-order valence-electron chi connectivity index (χ2n) is 6.41. The molecule has 148 valence electrons. The number of halogens is 1. The number of anilines is 1. The van der Waals surface area contributed by atoms with E-state index in [0.29, 0.717) is 34.3 Å². The molecule has 1 aliphatic heterocycles. The molecule has 2 aromatic carbocycles. The van der Waals surface area contributed by atoms with E-state index in [1.807, 2.05) is 31.2 Å². The van der Waals surface area contributed by atoms with Crippen molar-refractivity contribution in [2.75, 3.05) is 31.7 Å². The van der Waals surface area contributed by atoms with Crippen LogP contribution >= 0.6 is 11.6 Å². The number of nitrogens with zero attached hydrogens (tertiary/aromatic N) is 2. The van der Waals surface area contributed by atoms with Crippen LogP contribution in [0.1, 0.15) is 35.7 Å². The summed E-state index contributed by atoms with van der Waals surface area (Å²) in [6.45, 7) is 4.51. The molecule has 1 saturated heterocycles. The van der Waals surface area contributed by atoms with E-state index >= 15 is 0 Å². The van der Waals surface area contributed by atoms with Crippen molar-refractivity contribution in [3.63, 3.8) is 0 Å². The summed E-state index contributed by atoms with van der Waals surface area (Å²) in [6, 6.07) is 11.0. The minimum absolute atomic E-state index is 0.270. The van der Waals surface area contributed by atoms with Crippen molar-refractivity contribution in [1.29, 1.82) is 0 Å². The molecular weight excluding hydrogens is 378 g/mol. The third-order valence-corrected chi connectivity index (χ3v) is 4.80. The van der Waals surface area contributed by atoms with E-state index in [4.69, 9.17) is 21.1 Å². The number of hydrogen-bond acceptors (Lipinski definition) is 5. The highest BCUT2D eigenvalue weighted by Crippen LogP contribution is 2.35. The standard InChI is InChI=1S/C21H24ClN3O3/c1-3-28-19-13-15(12-18(22)20(19)27-2)14-23-24-21(26)16-6-8-17(9-7-16)25-10-4-5-11-25/h6-9,12-14H,3-5,10-11H2,1-2H3,(H,24,26)/b23-14-. The molecule has 6 nitrogen and oxygen atoms in total. The Morgan fingerprint density at radius 3 is 2.61 bits per heavy atom. The third kappa shape index (κ3) is 4.75. The van der Waals surface area contributed by atoms with E-state index in [9.17, 15) is 4.79 Å². The summed E-state index contributed by atoms with van der Waals surface area (Å²) < 4.78 is 10.8. The van der Waals surface area contributed by atoms with Crippen molar-refractivity contribution in [3.8, 4) is 11.5 Å². The molecular formula is C21H24ClN3O3. The monoisotopic (exact) mass is 401 g/mol. The number of ether oxygens (including phenoxy) is 2. The van der Waals surface area contributed by atoms with Gasteiger partial charge in [0, 0.05) is 24.3 Å². The van der Waals surface area contributed by atoms with Gasteiger partial charge in [-0.15, -0.1) is 0 Å². The van der Waals surface area contributed by atoms with Gasteiger partial charge in [0.15, 0.2) is 11.5 Å². The second kappa shape index (κ2) is 9.46. The molecule has 1 heterocycles. The molecule has 0 unspecified atom stereocenters. The Labute approximate surface area is 170 Å². The fraction of sp³-hybridized carbons (Fsp3) is 0.333. The number of benzene rings is 2. The minimum atomic E-state index is -0.270. The summed E-state index contributed by atoms with van der Waals surface area (Å²) >= 11 is 6.22. The Morgan fingerprint density at radius 2 is 1.96 bits per heavy atom. The van der Waals surface area contributed by atoms with Crippen molar-refractivity contribution in [2.45, 2.75) is 19.8 Å². The number of hydrazone groups is 1. The van der Waals surface area contributed by atoms with Gasteiger partial charge in [-0.3, -0.25) is 4.79 Å². The normalized spacial score (nSPS) is 13.8. The molecule has 0 aliphatic carbocycles. The molecule has 3 rings (SSSR count). The highest BCUT2D eigenvalue weighted by Gasteiger charge is 2.13. The van der Waals surface area contributed by atoms with Crippen LogP contribution in [0.5, 0.6) is 11.5 Å². The maximum atomic E-state index is 12.3. The lowest BCUT2D eigenvalue weighted by molar-refractivity contribution is 0.0955. The van der Waals surface area contributed by atoms with Gasteiger partial charge >= 0.3 is 0 Å². The molecule has 0 spiro atoms. The second-order valence-corrected chi connectivity index (χ2v) is 6.81. The van der Waals surface area contributed by atoms with Crippen LogP contribution in [0.4, 0.5) is 5.69 Å². The van der Waals surface area contributed by atoms with Crippen LogP contribution in [0.25, 0.3) is 0 Å². The van der Waals surface area contributed by atoms with Crippen LogP contribution in [0, 0.1) is 0 Å². The molecule has 0 atom stereocenters. The molecule has 1 aliphatic rings. The lowest BCUT2D eigenvalue weighted by Crippen LogP contribution is -2.19. The van der Waals surface area contributed by atoms with E-state index in [0.717, 1.165) is 18.8 Å². The first kappa shape index (κ1) is 20.0. The van der Waals surface area contributed by atoms with Crippen LogP contribution in [-0.2, 0) is 0 Å². The average Bonchev–Trinajstić information content (AvgIpc) is 3.23. The first-order valence-electron chi connectivity index (χ1n) is 9.31. The molecule has 2 aromatic rings. The van der Waals surface area contributed by atoms with Crippen LogP contribution < -0.4 is 19.8 Å². The van der Waals surface area contributed by atoms with Gasteiger partial charge in [0.25, 0.3) is 5.91 Å². The van der Waals surface area contributed by atoms with Crippen LogP contribution in [0.15, 0.2) is 41.5 Å². The highest BCUT2D eigenvalue weighted by atomic mass is 35.5. The predicted molar refractivity (Wildman–Crippen MR) is 112 cm³/mol. The van der Waals surface area contributed by atoms with Gasteiger partial charge in [0.05, 0.1) is 25.0 Å². The number of nitrogens with one attached hydrogen (secondary N) is 1. The first-order valence-corrected chi connectivity index (χ1v) is 9.69. The predicted octanol–water partition coefficient (Wildman–Crippen LogP) is 4.11. The maximum Gasteiger partial charge on any atom is 0.271 e. The summed E-state index contributed by atoms with van der Waals surface area (Å²) in [6.07, 6.45) is 3.96. The molecule has 7 heteroatoms. The van der Waals surface area contributed by atoms with E-state index in [1.54, 1.807) is 12.1 Å². The molecule has 28 heavy (non-hydrogen) atoms. The van der Waals surface area contributed by atoms with Crippen molar-refractivity contribution in [3.05, 3.63) is 52.5 Å². The Balaban J connectivity index is 1.64. The quantitative estimate of drug-likeness (QED) is 0.560. The van der Waals surface area contributed by atoms with Crippen molar-refractivity contribution in [2.24, 2.45) is 5.10 Å². The Hall–Kier alpha value is -2.73. The summed E-state index contributed by atoms with van der Waals surface area (Å²) in [5, 5.41) is 4.44. The van der Waals surface area contributed by atoms with E-state index in [1.165, 1.54) is 26.2 Å². The number of rotatable bonds is 7. The molecule has 1 fully saturated rings. The summed E-state index contributed by atoms with van der Waals surface area (Å²) in [5.41, 5.74) is 4.94. The number of methoxy groups -OCH3 is 1. The van der Waals surface area contributed by atoms with Crippen molar-refractivity contribution in [1.82, 2.24) is 5.43 Å². The van der Waals surface area contributed by atoms with Gasteiger partial charge in [0.2, 0.25) is 0 Å². The van der Waals surface area contributed by atoms with Gasteiger partial charge < -0.3 is 14.4 Å². The maximum absolute atomic E-state index is 12.3. The lowest BCUT2D eigenvalue weighted by Gasteiger charge is -2.17. The van der Waals surface area contributed by atoms with Crippen LogP contribution in [-0.4, -0.2) is 38.9 Å². The van der Waals surface area contributed by atoms with Crippen molar-refractivity contribution >= 4 is 29.4 Å². The third-order valence-electron chi connectivity index (χ3n) is 4.52. The minimum Gasteiger partial charge on any atom is -0.491 e. The fourth-order valence-corrected chi connectivity index (χ4v) is 3.45. The zero-order valence-corrected chi connectivity index (χ0v) is 16.8. The number of carbonyl (C=O) groups is 1. The molecule has 1 amide bonds. The largest absolute Gasteiger partial charge is 0.491 e. The number of hydrogen-bond donors (Lipinski definition) is 1. The molecule has 0 radical (unpaired) electrons. The molecule has 0 saturated carbocycles. The summed E-state index contributed by atoms with van der Waals surface area (Å²) in [4.78, 5) is 14.6. The van der Waals surface area contributed by atoms with E-state index in [-0.39, 0.29) is 5.91 Å². The fourth-order valence-electron chi connectivity index (χ4n) is 3.15. The Bertz CT molecular complexity index is 847. The number of amides is 1. The SMILES string of the molecule is CCOc1cc(/C=N\NC(=O)c2ccc(N3CCCC3)cc2)cc(Cl)c1OC. The molecule has 1 N–H and O–H groups in total. The van der Waals surface area contributed by atoms with Crippen LogP contribution in [0.3, 0.4) is 0 Å². The van der Waals surface area contributed by atoms with Gasteiger partial charge in [-0.25, -0.2) is 5.43 Å². The zero-order chi connectivity index (χ0) is 19.9. The topological polar surface area (TPSA) is 63.2 Å². The van der Waals surface area contributed by atoms with Gasteiger partial charge in [0.1, 0.15) is 0 Å². The van der Waals surface area contributed by atoms with Gasteiger partial charge in [-0.2, -0.15) is 5.10 Å². The van der Waals surface area contributed by atoms with E-state index < -0.39 is 0 Å². The first-order chi connectivity index (χ1) is 13.6. The lowest BCUT2D eigenvalue weighted by atomic mass is 10.2. The smallest absolute Gasteiger partial charge is 0.271 e. The van der Waals surface area contributed by atoms with Gasteiger partial charge in [-0.05, 0) is 61.7 Å². The zero-order valence-electron chi connectivity index (χ0n) is 16.1. The molecule has 0 bridgehead atoms. The summed E-state index contributed by atoms with van der Waals surface area (Å²) in [5.74, 6) is 0.736. The average molecular weight is 402 g/mol. The van der Waals surface area contributed by atoms with E-state index in [2.05, 4.69) is 15.4 Å². The number of carbonyl (C=O) groups excluding carboxylic acids is 1.